The lowest BCUT2D eigenvalue weighted by Gasteiger charge is -2.13. The molecule has 0 aromatic heterocycles. The van der Waals surface area contributed by atoms with E-state index in [4.69, 9.17) is 23.2 Å². The summed E-state index contributed by atoms with van der Waals surface area (Å²) in [6.07, 6.45) is -4.63. The van der Waals surface area contributed by atoms with Crippen molar-refractivity contribution in [1.82, 2.24) is 0 Å². The number of sulfonamides is 1. The summed E-state index contributed by atoms with van der Waals surface area (Å²) >= 11 is 11.9. The zero-order valence-corrected chi connectivity index (χ0v) is 18.6. The van der Waals surface area contributed by atoms with Gasteiger partial charge in [-0.2, -0.15) is 13.2 Å². The third kappa shape index (κ3) is 5.53. The van der Waals surface area contributed by atoms with E-state index >= 15 is 0 Å². The van der Waals surface area contributed by atoms with Crippen LogP contribution in [0, 0.1) is 6.92 Å². The molecule has 3 aromatic rings. The summed E-state index contributed by atoms with van der Waals surface area (Å²) in [5, 5.41) is 2.01. The standard InChI is InChI=1S/C21H15Cl2F3N2O3S/c1-12-3-2-4-15(9-12)28-32(30,31)19-10-13(5-7-17(19)23)20(29)27-18-11-14(21(24,25)26)6-8-16(18)22/h2-11,28H,1H3,(H,27,29). The van der Waals surface area contributed by atoms with Crippen LogP contribution in [0.3, 0.4) is 0 Å². The maximum atomic E-state index is 12.9. The van der Waals surface area contributed by atoms with Gasteiger partial charge in [0.25, 0.3) is 15.9 Å². The molecule has 1 amide bonds. The van der Waals surface area contributed by atoms with E-state index in [1.807, 2.05) is 0 Å². The second-order valence-corrected chi connectivity index (χ2v) is 9.23. The summed E-state index contributed by atoms with van der Waals surface area (Å²) in [6, 6.07) is 12.5. The molecule has 11 heteroatoms. The van der Waals surface area contributed by atoms with Crippen molar-refractivity contribution in [2.24, 2.45) is 0 Å². The maximum absolute atomic E-state index is 12.9. The van der Waals surface area contributed by atoms with Crippen molar-refractivity contribution in [3.8, 4) is 0 Å². The molecule has 168 valence electrons. The van der Waals surface area contributed by atoms with E-state index in [1.165, 1.54) is 12.1 Å². The highest BCUT2D eigenvalue weighted by Crippen LogP contribution is 2.34. The van der Waals surface area contributed by atoms with E-state index in [9.17, 15) is 26.4 Å². The molecule has 32 heavy (non-hydrogen) atoms. The zero-order valence-electron chi connectivity index (χ0n) is 16.3. The minimum atomic E-state index is -4.63. The summed E-state index contributed by atoms with van der Waals surface area (Å²) in [5.41, 5.74) is -0.302. The number of anilines is 2. The van der Waals surface area contributed by atoms with Gasteiger partial charge in [-0.3, -0.25) is 9.52 Å². The molecule has 0 saturated carbocycles. The summed E-state index contributed by atoms with van der Waals surface area (Å²) in [5.74, 6) is -0.866. The van der Waals surface area contributed by atoms with Gasteiger partial charge in [0.1, 0.15) is 4.90 Å². The number of aryl methyl sites for hydroxylation is 1. The molecule has 0 fully saturated rings. The lowest BCUT2D eigenvalue weighted by atomic mass is 10.1. The van der Waals surface area contributed by atoms with E-state index in [1.54, 1.807) is 31.2 Å². The average Bonchev–Trinajstić information content (AvgIpc) is 2.68. The average molecular weight is 503 g/mol. The molecule has 5 nitrogen and oxygen atoms in total. The smallest absolute Gasteiger partial charge is 0.321 e. The van der Waals surface area contributed by atoms with Crippen LogP contribution in [0.15, 0.2) is 65.6 Å². The predicted molar refractivity (Wildman–Crippen MR) is 118 cm³/mol. The van der Waals surface area contributed by atoms with E-state index in [0.29, 0.717) is 11.8 Å². The molecule has 0 aliphatic heterocycles. The van der Waals surface area contributed by atoms with Crippen molar-refractivity contribution >= 4 is 50.5 Å². The van der Waals surface area contributed by atoms with Gasteiger partial charge in [0.15, 0.2) is 0 Å². The van der Waals surface area contributed by atoms with Gasteiger partial charge in [-0.25, -0.2) is 8.42 Å². The van der Waals surface area contributed by atoms with E-state index in [-0.39, 0.29) is 26.2 Å². The molecule has 2 N–H and O–H groups in total. The van der Waals surface area contributed by atoms with Gasteiger partial charge in [-0.15, -0.1) is 0 Å². The normalized spacial score (nSPS) is 11.8. The number of carbonyl (C=O) groups excluding carboxylic acids is 1. The Kier molecular flexibility index (Phi) is 6.73. The fourth-order valence-electron chi connectivity index (χ4n) is 2.76. The van der Waals surface area contributed by atoms with Crippen molar-refractivity contribution in [2.75, 3.05) is 10.0 Å². The Morgan fingerprint density at radius 1 is 0.938 bits per heavy atom. The van der Waals surface area contributed by atoms with Crippen LogP contribution >= 0.6 is 23.2 Å². The molecule has 3 rings (SSSR count). The van der Waals surface area contributed by atoms with Gasteiger partial charge >= 0.3 is 6.18 Å². The van der Waals surface area contributed by atoms with Crippen molar-refractivity contribution in [3.05, 3.63) is 87.4 Å². The third-order valence-corrected chi connectivity index (χ3v) is 6.49. The monoisotopic (exact) mass is 502 g/mol. The van der Waals surface area contributed by atoms with Crippen LogP contribution in [0.4, 0.5) is 24.5 Å². The molecule has 0 heterocycles. The molecule has 0 radical (unpaired) electrons. The highest BCUT2D eigenvalue weighted by molar-refractivity contribution is 7.92. The number of carbonyl (C=O) groups is 1. The second-order valence-electron chi connectivity index (χ2n) is 6.77. The number of nitrogens with one attached hydrogen (secondary N) is 2. The first-order valence-electron chi connectivity index (χ1n) is 8.94. The lowest BCUT2D eigenvalue weighted by Crippen LogP contribution is -2.17. The summed E-state index contributed by atoms with van der Waals surface area (Å²) in [7, 11) is -4.16. The van der Waals surface area contributed by atoms with Gasteiger partial charge in [0.2, 0.25) is 0 Å². The minimum Gasteiger partial charge on any atom is -0.321 e. The number of benzene rings is 3. The predicted octanol–water partition coefficient (Wildman–Crippen LogP) is 6.37. The largest absolute Gasteiger partial charge is 0.416 e. The Labute approximate surface area is 192 Å². The SMILES string of the molecule is Cc1cccc(NS(=O)(=O)c2cc(C(=O)Nc3cc(C(F)(F)F)ccc3Cl)ccc2Cl)c1. The van der Waals surface area contributed by atoms with Crippen molar-refractivity contribution in [3.63, 3.8) is 0 Å². The number of alkyl halides is 3. The topological polar surface area (TPSA) is 75.3 Å². The molecular weight excluding hydrogens is 488 g/mol. The van der Waals surface area contributed by atoms with Crippen LogP contribution in [0.2, 0.25) is 10.0 Å². The van der Waals surface area contributed by atoms with Crippen LogP contribution in [0.25, 0.3) is 0 Å². The first kappa shape index (κ1) is 23.9. The molecular formula is C21H15Cl2F3N2O3S. The van der Waals surface area contributed by atoms with Gasteiger partial charge in [0.05, 0.1) is 21.3 Å². The molecule has 0 saturated heterocycles. The van der Waals surface area contributed by atoms with Gasteiger partial charge in [-0.05, 0) is 61.0 Å². The first-order valence-corrected chi connectivity index (χ1v) is 11.2. The Bertz CT molecular complexity index is 1300. The second kappa shape index (κ2) is 9.01. The highest BCUT2D eigenvalue weighted by atomic mass is 35.5. The molecule has 0 atom stereocenters. The number of amides is 1. The summed E-state index contributed by atoms with van der Waals surface area (Å²) in [4.78, 5) is 12.2. The zero-order chi connectivity index (χ0) is 23.7. The quantitative estimate of drug-likeness (QED) is 0.425. The summed E-state index contributed by atoms with van der Waals surface area (Å²) in [6.45, 7) is 1.79. The van der Waals surface area contributed by atoms with Crippen LogP contribution in [-0.4, -0.2) is 14.3 Å². The minimum absolute atomic E-state index is 0.116. The Morgan fingerprint density at radius 3 is 2.28 bits per heavy atom. The fraction of sp³-hybridized carbons (Fsp3) is 0.0952. The Morgan fingerprint density at radius 2 is 1.62 bits per heavy atom. The van der Waals surface area contributed by atoms with Crippen LogP contribution < -0.4 is 10.0 Å². The first-order chi connectivity index (χ1) is 14.9. The molecule has 3 aromatic carbocycles. The lowest BCUT2D eigenvalue weighted by molar-refractivity contribution is -0.137. The number of hydrogen-bond acceptors (Lipinski definition) is 3. The Balaban J connectivity index is 1.91. The van der Waals surface area contributed by atoms with E-state index in [2.05, 4.69) is 10.0 Å². The fourth-order valence-corrected chi connectivity index (χ4v) is 4.50. The summed E-state index contributed by atoms with van der Waals surface area (Å²) < 4.78 is 66.8. The van der Waals surface area contributed by atoms with Crippen molar-refractivity contribution < 1.29 is 26.4 Å². The number of hydrogen-bond donors (Lipinski definition) is 2. The molecule has 0 aliphatic carbocycles. The van der Waals surface area contributed by atoms with Crippen LogP contribution in [-0.2, 0) is 16.2 Å². The van der Waals surface area contributed by atoms with Crippen LogP contribution in [0.1, 0.15) is 21.5 Å². The highest BCUT2D eigenvalue weighted by Gasteiger charge is 2.31. The third-order valence-electron chi connectivity index (χ3n) is 4.30. The molecule has 0 bridgehead atoms. The van der Waals surface area contributed by atoms with Gasteiger partial charge in [-0.1, -0.05) is 35.3 Å². The number of halogens is 5. The van der Waals surface area contributed by atoms with E-state index < -0.39 is 27.7 Å². The van der Waals surface area contributed by atoms with Crippen LogP contribution in [0.5, 0.6) is 0 Å². The molecule has 0 spiro atoms. The Hall–Kier alpha value is -2.75. The molecule has 0 aliphatic rings. The maximum Gasteiger partial charge on any atom is 0.416 e. The van der Waals surface area contributed by atoms with E-state index in [0.717, 1.165) is 23.8 Å². The van der Waals surface area contributed by atoms with Crippen molar-refractivity contribution in [1.29, 1.82) is 0 Å². The number of rotatable bonds is 5. The van der Waals surface area contributed by atoms with Crippen molar-refractivity contribution in [2.45, 2.75) is 18.0 Å². The van der Waals surface area contributed by atoms with Gasteiger partial charge in [0, 0.05) is 11.3 Å². The molecule has 0 unspecified atom stereocenters. The van der Waals surface area contributed by atoms with Gasteiger partial charge < -0.3 is 5.32 Å².